The Morgan fingerprint density at radius 2 is 1.18 bits per heavy atom. The number of rotatable bonds is 2. The van der Waals surface area contributed by atoms with Crippen LogP contribution in [0.25, 0.3) is 0 Å². The van der Waals surface area contributed by atoms with E-state index in [4.69, 9.17) is 9.47 Å². The van der Waals surface area contributed by atoms with Crippen LogP contribution in [0.5, 0.6) is 0 Å². The second-order valence-electron chi connectivity index (χ2n) is 8.21. The fraction of sp³-hybridized carbons (Fsp3) is 0.417. The maximum Gasteiger partial charge on any atom is 0.101 e. The molecule has 2 aromatic carbocycles. The van der Waals surface area contributed by atoms with Crippen LogP contribution in [0.2, 0.25) is 0 Å². The lowest BCUT2D eigenvalue weighted by Crippen LogP contribution is -2.27. The summed E-state index contributed by atoms with van der Waals surface area (Å²) >= 11 is 0. The first-order valence-corrected chi connectivity index (χ1v) is 10.2. The molecule has 2 fully saturated rings. The van der Waals surface area contributed by atoms with E-state index in [0.29, 0.717) is 37.8 Å². The molecule has 2 aliphatic carbocycles. The fourth-order valence-electron chi connectivity index (χ4n) is 5.38. The molecule has 2 heterocycles. The summed E-state index contributed by atoms with van der Waals surface area (Å²) in [5.41, 5.74) is 5.70. The summed E-state index contributed by atoms with van der Waals surface area (Å²) in [5.74, 6) is 6.80. The van der Waals surface area contributed by atoms with Gasteiger partial charge in [-0.1, -0.05) is 60.4 Å². The van der Waals surface area contributed by atoms with Crippen LogP contribution in [0.15, 0.2) is 48.5 Å². The maximum absolute atomic E-state index is 6.03. The second-order valence-corrected chi connectivity index (χ2v) is 8.21. The summed E-state index contributed by atoms with van der Waals surface area (Å²) in [5, 5.41) is 0. The van der Waals surface area contributed by atoms with Gasteiger partial charge >= 0.3 is 0 Å². The Morgan fingerprint density at radius 3 is 1.68 bits per heavy atom. The molecule has 2 saturated heterocycles. The Kier molecular flexibility index (Phi) is 4.02. The van der Waals surface area contributed by atoms with E-state index in [2.05, 4.69) is 70.2 Å². The van der Waals surface area contributed by atoms with Crippen LogP contribution in [0.4, 0.5) is 0 Å². The van der Waals surface area contributed by atoms with Crippen molar-refractivity contribution in [3.63, 3.8) is 0 Å². The first-order chi connectivity index (χ1) is 13.9. The van der Waals surface area contributed by atoms with Crippen molar-refractivity contribution in [3.05, 3.63) is 70.8 Å². The molecule has 142 valence electrons. The Balaban J connectivity index is 1.12. The van der Waals surface area contributed by atoms with Gasteiger partial charge in [0.05, 0.1) is 37.4 Å². The third-order valence-corrected chi connectivity index (χ3v) is 6.68. The SMILES string of the molecule is C(#CCN1CO[C@H]2Cc3ccccc3[C@H]21)CN1CO[C@H]2Cc3ccccc3[C@H]21. The lowest BCUT2D eigenvalue weighted by Gasteiger charge is -2.21. The van der Waals surface area contributed by atoms with E-state index in [1.54, 1.807) is 0 Å². The summed E-state index contributed by atoms with van der Waals surface area (Å²) < 4.78 is 12.1. The van der Waals surface area contributed by atoms with Gasteiger partial charge < -0.3 is 9.47 Å². The molecule has 0 amide bonds. The van der Waals surface area contributed by atoms with Crippen molar-refractivity contribution in [3.8, 4) is 11.8 Å². The van der Waals surface area contributed by atoms with Gasteiger partial charge in [-0.05, 0) is 22.3 Å². The second kappa shape index (κ2) is 6.72. The highest BCUT2D eigenvalue weighted by molar-refractivity contribution is 5.38. The Morgan fingerprint density at radius 1 is 0.714 bits per heavy atom. The predicted molar refractivity (Wildman–Crippen MR) is 106 cm³/mol. The molecule has 4 atom stereocenters. The Hall–Kier alpha value is -2.16. The van der Waals surface area contributed by atoms with E-state index in [1.165, 1.54) is 22.3 Å². The van der Waals surface area contributed by atoms with Crippen LogP contribution in [0, 0.1) is 11.8 Å². The Labute approximate surface area is 166 Å². The topological polar surface area (TPSA) is 24.9 Å². The maximum atomic E-state index is 6.03. The van der Waals surface area contributed by atoms with Crippen LogP contribution >= 0.6 is 0 Å². The molecule has 0 unspecified atom stereocenters. The zero-order valence-electron chi connectivity index (χ0n) is 15.9. The quantitative estimate of drug-likeness (QED) is 0.757. The van der Waals surface area contributed by atoms with Crippen LogP contribution in [0.3, 0.4) is 0 Å². The molecule has 4 heteroatoms. The number of hydrogen-bond donors (Lipinski definition) is 0. The summed E-state index contributed by atoms with van der Waals surface area (Å²) in [4.78, 5) is 4.75. The van der Waals surface area contributed by atoms with Crippen LogP contribution in [-0.2, 0) is 22.3 Å². The van der Waals surface area contributed by atoms with Crippen molar-refractivity contribution in [2.45, 2.75) is 37.1 Å². The zero-order valence-corrected chi connectivity index (χ0v) is 15.9. The van der Waals surface area contributed by atoms with Gasteiger partial charge in [0.25, 0.3) is 0 Å². The molecule has 0 radical (unpaired) electrons. The van der Waals surface area contributed by atoms with E-state index in [1.807, 2.05) is 0 Å². The molecule has 0 spiro atoms. The predicted octanol–water partition coefficient (Wildman–Crippen LogP) is 2.90. The van der Waals surface area contributed by atoms with Crippen LogP contribution < -0.4 is 0 Å². The van der Waals surface area contributed by atoms with Gasteiger partial charge in [-0.25, -0.2) is 0 Å². The van der Waals surface area contributed by atoms with Crippen LogP contribution in [0.1, 0.15) is 34.3 Å². The van der Waals surface area contributed by atoms with E-state index in [-0.39, 0.29) is 0 Å². The average molecular weight is 372 g/mol. The molecule has 0 N–H and O–H groups in total. The van der Waals surface area contributed by atoms with E-state index >= 15 is 0 Å². The van der Waals surface area contributed by atoms with Gasteiger partial charge in [-0.3, -0.25) is 9.80 Å². The smallest absolute Gasteiger partial charge is 0.101 e. The Bertz CT molecular complexity index is 887. The standard InChI is InChI=1S/C24H24N2O2/c1-3-9-19-17(7-1)13-21-23(19)25(15-27-21)11-5-6-12-26-16-28-22-14-18-8-2-4-10-20(18)24(22)26/h1-4,7-10,21-24H,11-16H2/t21-,22-,23+,24+/m0/s1. The van der Waals surface area contributed by atoms with Gasteiger partial charge in [0, 0.05) is 12.8 Å². The van der Waals surface area contributed by atoms with Gasteiger partial charge in [-0.2, -0.15) is 0 Å². The summed E-state index contributed by atoms with van der Waals surface area (Å²) in [7, 11) is 0. The van der Waals surface area contributed by atoms with Crippen molar-refractivity contribution in [2.75, 3.05) is 26.6 Å². The molecule has 4 aliphatic rings. The minimum atomic E-state index is 0.293. The highest BCUT2D eigenvalue weighted by Gasteiger charge is 2.43. The number of nitrogens with zero attached hydrogens (tertiary/aromatic N) is 2. The monoisotopic (exact) mass is 372 g/mol. The fourth-order valence-corrected chi connectivity index (χ4v) is 5.38. The van der Waals surface area contributed by atoms with Crippen molar-refractivity contribution >= 4 is 0 Å². The van der Waals surface area contributed by atoms with Gasteiger partial charge in [0.1, 0.15) is 13.5 Å². The lowest BCUT2D eigenvalue weighted by atomic mass is 10.1. The molecule has 0 aromatic heterocycles. The number of benzene rings is 2. The number of ether oxygens (including phenoxy) is 2. The number of fused-ring (bicyclic) bond motifs is 6. The van der Waals surface area contributed by atoms with Crippen LogP contribution in [-0.4, -0.2) is 48.6 Å². The molecule has 2 aliphatic heterocycles. The number of hydrogen-bond acceptors (Lipinski definition) is 4. The first kappa shape index (κ1) is 16.8. The minimum Gasteiger partial charge on any atom is -0.360 e. The minimum absolute atomic E-state index is 0.293. The van der Waals surface area contributed by atoms with Gasteiger partial charge in [-0.15, -0.1) is 0 Å². The highest BCUT2D eigenvalue weighted by Crippen LogP contribution is 2.42. The van der Waals surface area contributed by atoms with Crippen molar-refractivity contribution in [1.82, 2.24) is 9.80 Å². The molecule has 4 nitrogen and oxygen atoms in total. The molecule has 0 bridgehead atoms. The third kappa shape index (κ3) is 2.62. The molecular weight excluding hydrogens is 348 g/mol. The van der Waals surface area contributed by atoms with Crippen molar-refractivity contribution in [1.29, 1.82) is 0 Å². The highest BCUT2D eigenvalue weighted by atomic mass is 16.5. The summed E-state index contributed by atoms with van der Waals surface area (Å²) in [6.45, 7) is 2.89. The molecule has 28 heavy (non-hydrogen) atoms. The lowest BCUT2D eigenvalue weighted by molar-refractivity contribution is 0.0927. The van der Waals surface area contributed by atoms with E-state index in [9.17, 15) is 0 Å². The largest absolute Gasteiger partial charge is 0.360 e. The normalized spacial score (nSPS) is 30.4. The molecule has 6 rings (SSSR count). The molecule has 0 saturated carbocycles. The zero-order chi connectivity index (χ0) is 18.5. The average Bonchev–Trinajstić information content (AvgIpc) is 3.46. The summed E-state index contributed by atoms with van der Waals surface area (Å²) in [6, 6.07) is 18.2. The van der Waals surface area contributed by atoms with Crippen molar-refractivity contribution < 1.29 is 9.47 Å². The first-order valence-electron chi connectivity index (χ1n) is 10.2. The van der Waals surface area contributed by atoms with Crippen molar-refractivity contribution in [2.24, 2.45) is 0 Å². The van der Waals surface area contributed by atoms with Gasteiger partial charge in [0.2, 0.25) is 0 Å². The summed E-state index contributed by atoms with van der Waals surface area (Å²) in [6.07, 6.45) is 2.64. The molecular formula is C24H24N2O2. The third-order valence-electron chi connectivity index (χ3n) is 6.68. The van der Waals surface area contributed by atoms with E-state index in [0.717, 1.165) is 25.9 Å². The van der Waals surface area contributed by atoms with E-state index < -0.39 is 0 Å². The van der Waals surface area contributed by atoms with Gasteiger partial charge in [0.15, 0.2) is 0 Å². The molecule has 2 aromatic rings.